The Morgan fingerprint density at radius 1 is 1.44 bits per heavy atom. The molecule has 0 bridgehead atoms. The van der Waals surface area contributed by atoms with Gasteiger partial charge in [0.1, 0.15) is 0 Å². The van der Waals surface area contributed by atoms with E-state index in [2.05, 4.69) is 5.32 Å². The molecule has 0 radical (unpaired) electrons. The molecule has 1 fully saturated rings. The Morgan fingerprint density at radius 3 is 2.88 bits per heavy atom. The van der Waals surface area contributed by atoms with Gasteiger partial charge in [-0.25, -0.2) is 0 Å². The lowest BCUT2D eigenvalue weighted by atomic mass is 10.1. The van der Waals surface area contributed by atoms with Crippen molar-refractivity contribution in [2.45, 2.75) is 6.42 Å². The second-order valence-electron chi connectivity index (χ2n) is 3.53. The number of rotatable bonds is 2. The lowest BCUT2D eigenvalue weighted by molar-refractivity contribution is -0.384. The first-order chi connectivity index (χ1) is 7.66. The van der Waals surface area contributed by atoms with Gasteiger partial charge in [0.2, 0.25) is 5.91 Å². The Labute approximate surface area is 91.9 Å². The number of nitrogens with one attached hydrogen (secondary N) is 1. The minimum atomic E-state index is -0.448. The van der Waals surface area contributed by atoms with Crippen molar-refractivity contribution < 1.29 is 9.72 Å². The minimum Gasteiger partial charge on any atom is -0.352 e. The van der Waals surface area contributed by atoms with Gasteiger partial charge in [-0.15, -0.1) is 0 Å². The lowest BCUT2D eigenvalue weighted by Gasteiger charge is -1.96. The highest BCUT2D eigenvalue weighted by Gasteiger charge is 2.16. The highest BCUT2D eigenvalue weighted by atomic mass is 16.6. The molecule has 1 heterocycles. The van der Waals surface area contributed by atoms with Crippen LogP contribution >= 0.6 is 0 Å². The topological polar surface area (TPSA) is 72.2 Å². The van der Waals surface area contributed by atoms with E-state index in [9.17, 15) is 14.9 Å². The highest BCUT2D eigenvalue weighted by molar-refractivity contribution is 5.99. The molecule has 1 aromatic carbocycles. The lowest BCUT2D eigenvalue weighted by Crippen LogP contribution is -2.13. The van der Waals surface area contributed by atoms with Gasteiger partial charge in [-0.2, -0.15) is 0 Å². The molecule has 1 amide bonds. The van der Waals surface area contributed by atoms with Crippen molar-refractivity contribution in [1.82, 2.24) is 5.32 Å². The zero-order valence-electron chi connectivity index (χ0n) is 8.47. The van der Waals surface area contributed by atoms with E-state index in [4.69, 9.17) is 0 Å². The molecule has 5 nitrogen and oxygen atoms in total. The highest BCUT2D eigenvalue weighted by Crippen LogP contribution is 2.18. The minimum absolute atomic E-state index is 0.0350. The van der Waals surface area contributed by atoms with E-state index < -0.39 is 4.92 Å². The third-order valence-electron chi connectivity index (χ3n) is 2.39. The predicted molar refractivity (Wildman–Crippen MR) is 58.7 cm³/mol. The summed E-state index contributed by atoms with van der Waals surface area (Å²) in [6, 6.07) is 6.23. The van der Waals surface area contributed by atoms with Crippen LogP contribution in [-0.2, 0) is 4.79 Å². The first-order valence-electron chi connectivity index (χ1n) is 4.90. The first-order valence-corrected chi connectivity index (χ1v) is 4.90. The smallest absolute Gasteiger partial charge is 0.270 e. The second-order valence-corrected chi connectivity index (χ2v) is 3.53. The maximum atomic E-state index is 11.3. The molecular weight excluding hydrogens is 208 g/mol. The van der Waals surface area contributed by atoms with Gasteiger partial charge in [0, 0.05) is 24.3 Å². The van der Waals surface area contributed by atoms with Crippen molar-refractivity contribution >= 4 is 17.7 Å². The Balaban J connectivity index is 2.31. The van der Waals surface area contributed by atoms with Crippen LogP contribution in [0.2, 0.25) is 0 Å². The fraction of sp³-hybridized carbons (Fsp3) is 0.182. The number of nitro benzene ring substituents is 1. The molecule has 0 unspecified atom stereocenters. The third-order valence-corrected chi connectivity index (χ3v) is 2.39. The predicted octanol–water partition coefficient (Wildman–Crippen LogP) is 1.50. The summed E-state index contributed by atoms with van der Waals surface area (Å²) in [6.07, 6.45) is 2.36. The van der Waals surface area contributed by atoms with Gasteiger partial charge < -0.3 is 5.32 Å². The van der Waals surface area contributed by atoms with Crippen LogP contribution in [0.1, 0.15) is 12.0 Å². The van der Waals surface area contributed by atoms with E-state index in [0.717, 1.165) is 0 Å². The van der Waals surface area contributed by atoms with Gasteiger partial charge in [0.05, 0.1) is 4.92 Å². The molecule has 1 aliphatic rings. The summed E-state index contributed by atoms with van der Waals surface area (Å²) in [5.41, 5.74) is 1.38. The van der Waals surface area contributed by atoms with Crippen molar-refractivity contribution in [3.05, 3.63) is 45.5 Å². The monoisotopic (exact) mass is 218 g/mol. The molecule has 0 aliphatic carbocycles. The molecule has 0 atom stereocenters. The summed E-state index contributed by atoms with van der Waals surface area (Å²) in [4.78, 5) is 21.4. The van der Waals surface area contributed by atoms with Crippen LogP contribution in [0.5, 0.6) is 0 Å². The van der Waals surface area contributed by atoms with E-state index in [1.54, 1.807) is 18.2 Å². The van der Waals surface area contributed by atoms with Crippen LogP contribution in [0.3, 0.4) is 0 Å². The number of amides is 1. The number of hydrogen-bond donors (Lipinski definition) is 1. The first kappa shape index (κ1) is 10.4. The maximum Gasteiger partial charge on any atom is 0.270 e. The van der Waals surface area contributed by atoms with Crippen LogP contribution in [0.4, 0.5) is 5.69 Å². The van der Waals surface area contributed by atoms with Gasteiger partial charge >= 0.3 is 0 Å². The van der Waals surface area contributed by atoms with Crippen molar-refractivity contribution in [3.63, 3.8) is 0 Å². The summed E-state index contributed by atoms with van der Waals surface area (Å²) in [5, 5.41) is 13.2. The van der Waals surface area contributed by atoms with Crippen LogP contribution < -0.4 is 5.32 Å². The molecule has 1 saturated heterocycles. The van der Waals surface area contributed by atoms with Gasteiger partial charge in [-0.1, -0.05) is 12.1 Å². The molecule has 0 spiro atoms. The molecule has 1 aliphatic heterocycles. The fourth-order valence-electron chi connectivity index (χ4n) is 1.60. The van der Waals surface area contributed by atoms with E-state index >= 15 is 0 Å². The fourth-order valence-corrected chi connectivity index (χ4v) is 1.60. The number of carbonyl (C=O) groups is 1. The Hall–Kier alpha value is -2.17. The average molecular weight is 218 g/mol. The summed E-state index contributed by atoms with van der Waals surface area (Å²) in [6.45, 7) is 0.638. The van der Waals surface area contributed by atoms with Gasteiger partial charge in [0.15, 0.2) is 0 Å². The molecule has 0 saturated carbocycles. The van der Waals surface area contributed by atoms with Crippen molar-refractivity contribution in [2.75, 3.05) is 6.54 Å². The number of nitrogens with zero attached hydrogens (tertiary/aromatic N) is 1. The zero-order chi connectivity index (χ0) is 11.5. The van der Waals surface area contributed by atoms with Gasteiger partial charge in [-0.3, -0.25) is 14.9 Å². The Kier molecular flexibility index (Phi) is 2.68. The second kappa shape index (κ2) is 4.14. The van der Waals surface area contributed by atoms with Crippen molar-refractivity contribution in [1.29, 1.82) is 0 Å². The Morgan fingerprint density at radius 2 is 2.25 bits per heavy atom. The van der Waals surface area contributed by atoms with E-state index in [-0.39, 0.29) is 11.6 Å². The molecule has 1 aromatic rings. The molecular formula is C11H10N2O3. The number of carbonyl (C=O) groups excluding carboxylic acids is 1. The summed E-state index contributed by atoms with van der Waals surface area (Å²) in [5.74, 6) is -0.0912. The van der Waals surface area contributed by atoms with E-state index in [1.165, 1.54) is 12.1 Å². The summed E-state index contributed by atoms with van der Waals surface area (Å²) >= 11 is 0. The third kappa shape index (κ3) is 2.08. The van der Waals surface area contributed by atoms with Crippen molar-refractivity contribution in [2.24, 2.45) is 0 Å². The SMILES string of the molecule is O=C1NCC/C1=C/c1cccc([N+](=O)[O-])c1. The quantitative estimate of drug-likeness (QED) is 0.464. The van der Waals surface area contributed by atoms with Crippen LogP contribution in [0, 0.1) is 10.1 Å². The van der Waals surface area contributed by atoms with Gasteiger partial charge in [0.25, 0.3) is 5.69 Å². The average Bonchev–Trinajstić information content (AvgIpc) is 2.65. The standard InChI is InChI=1S/C11H10N2O3/c14-11-9(4-5-12-11)6-8-2-1-3-10(7-8)13(15)16/h1-3,6-7H,4-5H2,(H,12,14)/b9-6-. The Bertz CT molecular complexity index is 480. The number of benzene rings is 1. The molecule has 5 heteroatoms. The van der Waals surface area contributed by atoms with Crippen LogP contribution in [0.15, 0.2) is 29.8 Å². The number of hydrogen-bond acceptors (Lipinski definition) is 3. The van der Waals surface area contributed by atoms with Crippen molar-refractivity contribution in [3.8, 4) is 0 Å². The van der Waals surface area contributed by atoms with Crippen LogP contribution in [0.25, 0.3) is 6.08 Å². The number of nitro groups is 1. The van der Waals surface area contributed by atoms with Crippen LogP contribution in [-0.4, -0.2) is 17.4 Å². The molecule has 16 heavy (non-hydrogen) atoms. The molecule has 82 valence electrons. The van der Waals surface area contributed by atoms with Gasteiger partial charge in [-0.05, 0) is 18.1 Å². The van der Waals surface area contributed by atoms with E-state index in [1.807, 2.05) is 0 Å². The molecule has 2 rings (SSSR count). The molecule has 1 N–H and O–H groups in total. The number of non-ortho nitro benzene ring substituents is 1. The normalized spacial score (nSPS) is 17.5. The zero-order valence-corrected chi connectivity index (χ0v) is 8.47. The summed E-state index contributed by atoms with van der Waals surface area (Å²) < 4.78 is 0. The maximum absolute atomic E-state index is 11.3. The van der Waals surface area contributed by atoms with E-state index in [0.29, 0.717) is 24.1 Å². The molecule has 0 aromatic heterocycles. The summed E-state index contributed by atoms with van der Waals surface area (Å²) in [7, 11) is 0. The largest absolute Gasteiger partial charge is 0.352 e.